The molecule has 0 aliphatic rings. The molecule has 3 rings (SSSR count). The van der Waals surface area contributed by atoms with Gasteiger partial charge in [-0.15, -0.1) is 0 Å². The molecule has 0 saturated heterocycles. The SMILES string of the molecule is O=C(Nc1ccc([N+](=O)[O-])cc1)Nc1ccc(S(=O)(=O)NC(=O)c2ccccc2)cc1. The molecule has 0 fully saturated rings. The Hall–Kier alpha value is -4.25. The zero-order chi connectivity index (χ0) is 22.4. The zero-order valence-electron chi connectivity index (χ0n) is 15.8. The molecule has 3 aromatic carbocycles. The van der Waals surface area contributed by atoms with E-state index in [1.807, 2.05) is 4.72 Å². The monoisotopic (exact) mass is 440 g/mol. The summed E-state index contributed by atoms with van der Waals surface area (Å²) in [7, 11) is -4.10. The van der Waals surface area contributed by atoms with Gasteiger partial charge in [-0.2, -0.15) is 0 Å². The van der Waals surface area contributed by atoms with Crippen molar-refractivity contribution < 1.29 is 22.9 Å². The first kappa shape index (κ1) is 21.5. The Morgan fingerprint density at radius 1 is 0.774 bits per heavy atom. The number of nitro benzene ring substituents is 1. The second-order valence-corrected chi connectivity index (χ2v) is 7.89. The standard InChI is InChI=1S/C20H16N4O6S/c25-19(14-4-2-1-3-5-14)23-31(29,30)18-12-8-16(9-13-18)22-20(26)21-15-6-10-17(11-7-15)24(27)28/h1-13H,(H,23,25)(H2,21,22,26). The number of rotatable bonds is 6. The molecule has 0 radical (unpaired) electrons. The molecule has 0 aliphatic carbocycles. The number of carbonyl (C=O) groups is 2. The van der Waals surface area contributed by atoms with E-state index in [2.05, 4.69) is 10.6 Å². The van der Waals surface area contributed by atoms with Crippen molar-refractivity contribution in [2.75, 3.05) is 10.6 Å². The highest BCUT2D eigenvalue weighted by Crippen LogP contribution is 2.17. The second-order valence-electron chi connectivity index (χ2n) is 6.21. The summed E-state index contributed by atoms with van der Waals surface area (Å²) in [6, 6.07) is 17.7. The number of sulfonamides is 1. The van der Waals surface area contributed by atoms with Gasteiger partial charge in [0.15, 0.2) is 0 Å². The van der Waals surface area contributed by atoms with Crippen molar-refractivity contribution >= 4 is 39.0 Å². The van der Waals surface area contributed by atoms with Crippen LogP contribution in [0.15, 0.2) is 83.8 Å². The number of benzene rings is 3. The number of amides is 3. The lowest BCUT2D eigenvalue weighted by Gasteiger charge is -2.10. The average Bonchev–Trinajstić information content (AvgIpc) is 2.74. The van der Waals surface area contributed by atoms with Gasteiger partial charge in [0.25, 0.3) is 21.6 Å². The van der Waals surface area contributed by atoms with Crippen LogP contribution in [0.1, 0.15) is 10.4 Å². The number of hydrogen-bond donors (Lipinski definition) is 3. The smallest absolute Gasteiger partial charge is 0.308 e. The second kappa shape index (κ2) is 9.05. The third kappa shape index (κ3) is 5.64. The highest BCUT2D eigenvalue weighted by Gasteiger charge is 2.18. The number of carbonyl (C=O) groups excluding carboxylic acids is 2. The Morgan fingerprint density at radius 2 is 1.29 bits per heavy atom. The lowest BCUT2D eigenvalue weighted by atomic mass is 10.2. The lowest BCUT2D eigenvalue weighted by molar-refractivity contribution is -0.384. The van der Waals surface area contributed by atoms with Crippen molar-refractivity contribution in [1.82, 2.24) is 4.72 Å². The quantitative estimate of drug-likeness (QED) is 0.395. The molecule has 0 saturated carbocycles. The molecular weight excluding hydrogens is 424 g/mol. The van der Waals surface area contributed by atoms with E-state index in [0.29, 0.717) is 11.4 Å². The van der Waals surface area contributed by atoms with Crippen LogP contribution in [-0.2, 0) is 10.0 Å². The minimum absolute atomic E-state index is 0.109. The maximum atomic E-state index is 12.4. The van der Waals surface area contributed by atoms with E-state index in [1.165, 1.54) is 60.7 Å². The van der Waals surface area contributed by atoms with Crippen molar-refractivity contribution in [2.24, 2.45) is 0 Å². The molecule has 0 atom stereocenters. The molecule has 11 heteroatoms. The number of nitro groups is 1. The van der Waals surface area contributed by atoms with Gasteiger partial charge in [-0.25, -0.2) is 17.9 Å². The molecule has 0 aromatic heterocycles. The summed E-state index contributed by atoms with van der Waals surface area (Å²) >= 11 is 0. The molecule has 31 heavy (non-hydrogen) atoms. The summed E-state index contributed by atoms with van der Waals surface area (Å²) in [5, 5.41) is 15.6. The molecule has 0 aliphatic heterocycles. The summed E-state index contributed by atoms with van der Waals surface area (Å²) in [6.45, 7) is 0. The summed E-state index contributed by atoms with van der Waals surface area (Å²) in [5.41, 5.74) is 0.730. The van der Waals surface area contributed by atoms with Gasteiger partial charge in [0.2, 0.25) is 0 Å². The first-order valence-corrected chi connectivity index (χ1v) is 10.3. The molecule has 0 heterocycles. The Balaban J connectivity index is 1.62. The minimum atomic E-state index is -4.10. The predicted molar refractivity (Wildman–Crippen MR) is 113 cm³/mol. The molecular formula is C20H16N4O6S. The van der Waals surface area contributed by atoms with E-state index in [0.717, 1.165) is 0 Å². The normalized spacial score (nSPS) is 10.7. The molecule has 0 unspecified atom stereocenters. The van der Waals surface area contributed by atoms with Crippen molar-refractivity contribution in [3.8, 4) is 0 Å². The Kier molecular flexibility index (Phi) is 6.26. The van der Waals surface area contributed by atoms with Crippen LogP contribution in [0.5, 0.6) is 0 Å². The van der Waals surface area contributed by atoms with Gasteiger partial charge in [0, 0.05) is 29.1 Å². The Bertz CT molecular complexity index is 1210. The number of non-ortho nitro benzene ring substituents is 1. The number of nitrogens with one attached hydrogen (secondary N) is 3. The van der Waals surface area contributed by atoms with Gasteiger partial charge in [-0.1, -0.05) is 18.2 Å². The van der Waals surface area contributed by atoms with Crippen molar-refractivity contribution in [3.63, 3.8) is 0 Å². The van der Waals surface area contributed by atoms with Crippen LogP contribution in [0, 0.1) is 10.1 Å². The molecule has 158 valence electrons. The summed E-state index contributed by atoms with van der Waals surface area (Å²) in [5.74, 6) is -0.759. The van der Waals surface area contributed by atoms with Crippen molar-refractivity contribution in [3.05, 3.63) is 94.5 Å². The fourth-order valence-corrected chi connectivity index (χ4v) is 3.48. The Morgan fingerprint density at radius 3 is 1.81 bits per heavy atom. The van der Waals surface area contributed by atoms with E-state index >= 15 is 0 Å². The number of anilines is 2. The predicted octanol–water partition coefficient (Wildman–Crippen LogP) is 3.36. The third-order valence-electron chi connectivity index (χ3n) is 4.02. The van der Waals surface area contributed by atoms with Crippen LogP contribution in [0.25, 0.3) is 0 Å². The van der Waals surface area contributed by atoms with Crippen molar-refractivity contribution in [1.29, 1.82) is 0 Å². The summed E-state index contributed by atoms with van der Waals surface area (Å²) in [4.78, 5) is 34.1. The van der Waals surface area contributed by atoms with Crippen molar-refractivity contribution in [2.45, 2.75) is 4.90 Å². The van der Waals surface area contributed by atoms with Crippen LogP contribution >= 0.6 is 0 Å². The zero-order valence-corrected chi connectivity index (χ0v) is 16.6. The first-order valence-electron chi connectivity index (χ1n) is 8.79. The molecule has 0 bridgehead atoms. The average molecular weight is 440 g/mol. The van der Waals surface area contributed by atoms with Gasteiger partial charge in [-0.3, -0.25) is 14.9 Å². The van der Waals surface area contributed by atoms with E-state index in [4.69, 9.17) is 0 Å². The van der Waals surface area contributed by atoms with E-state index < -0.39 is 26.9 Å². The van der Waals surface area contributed by atoms with E-state index in [9.17, 15) is 28.1 Å². The first-order chi connectivity index (χ1) is 14.7. The van der Waals surface area contributed by atoms with Gasteiger partial charge in [-0.05, 0) is 48.5 Å². The highest BCUT2D eigenvalue weighted by molar-refractivity contribution is 7.90. The highest BCUT2D eigenvalue weighted by atomic mass is 32.2. The fourth-order valence-electron chi connectivity index (χ4n) is 2.51. The largest absolute Gasteiger partial charge is 0.323 e. The maximum absolute atomic E-state index is 12.4. The van der Waals surface area contributed by atoms with Gasteiger partial charge in [0.1, 0.15) is 0 Å². The van der Waals surface area contributed by atoms with Crippen LogP contribution < -0.4 is 15.4 Å². The van der Waals surface area contributed by atoms with Gasteiger partial charge >= 0.3 is 6.03 Å². The maximum Gasteiger partial charge on any atom is 0.323 e. The van der Waals surface area contributed by atoms with Crippen LogP contribution in [0.4, 0.5) is 21.9 Å². The summed E-state index contributed by atoms with van der Waals surface area (Å²) < 4.78 is 26.8. The van der Waals surface area contributed by atoms with Crippen LogP contribution in [-0.4, -0.2) is 25.3 Å². The van der Waals surface area contributed by atoms with Gasteiger partial charge in [0.05, 0.1) is 9.82 Å². The van der Waals surface area contributed by atoms with E-state index in [1.54, 1.807) is 18.2 Å². The molecule has 3 aromatic rings. The molecule has 3 N–H and O–H groups in total. The van der Waals surface area contributed by atoms with E-state index in [-0.39, 0.29) is 16.1 Å². The Labute approximate surface area is 177 Å². The fraction of sp³-hybridized carbons (Fsp3) is 0. The third-order valence-corrected chi connectivity index (χ3v) is 5.37. The number of urea groups is 1. The van der Waals surface area contributed by atoms with Crippen LogP contribution in [0.2, 0.25) is 0 Å². The number of nitrogens with zero attached hydrogens (tertiary/aromatic N) is 1. The molecule has 10 nitrogen and oxygen atoms in total. The lowest BCUT2D eigenvalue weighted by Crippen LogP contribution is -2.30. The topological polar surface area (TPSA) is 148 Å². The van der Waals surface area contributed by atoms with Crippen LogP contribution in [0.3, 0.4) is 0 Å². The molecule has 3 amide bonds. The summed E-state index contributed by atoms with van der Waals surface area (Å²) in [6.07, 6.45) is 0. The molecule has 0 spiro atoms. The number of hydrogen-bond acceptors (Lipinski definition) is 6. The minimum Gasteiger partial charge on any atom is -0.308 e. The van der Waals surface area contributed by atoms with Gasteiger partial charge < -0.3 is 10.6 Å².